The van der Waals surface area contributed by atoms with E-state index in [1.54, 1.807) is 37.7 Å². The summed E-state index contributed by atoms with van der Waals surface area (Å²) in [5.74, 6) is 1.72. The lowest BCUT2D eigenvalue weighted by Crippen LogP contribution is -2.40. The zero-order valence-electron chi connectivity index (χ0n) is 29.1. The topological polar surface area (TPSA) is 97.6 Å². The first-order valence-electron chi connectivity index (χ1n) is 16.4. The number of halogens is 1. The summed E-state index contributed by atoms with van der Waals surface area (Å²) in [6.45, 7) is 14.2. The number of nitrogens with zero attached hydrogens (tertiary/aromatic N) is 2. The Morgan fingerprint density at radius 1 is 1.04 bits per heavy atom. The van der Waals surface area contributed by atoms with Gasteiger partial charge < -0.3 is 23.7 Å². The van der Waals surface area contributed by atoms with Gasteiger partial charge in [-0.3, -0.25) is 9.36 Å². The molecule has 5 rings (SSSR count). The Morgan fingerprint density at radius 2 is 1.80 bits per heavy atom. The SMILES string of the molecule is C=CCc1cc(/C=c2\sc3n(c2=O)[C@@H](c2ccc(OC(C)C)c(OC)c2)C(C(=O)OCC)=C(C)N=3)cc(OCC)c1OCc1ccc(I)cc1. The molecule has 11 heteroatoms. The summed E-state index contributed by atoms with van der Waals surface area (Å²) in [5.41, 5.74) is 3.79. The molecule has 0 aliphatic carbocycles. The Kier molecular flexibility index (Phi) is 12.2. The minimum atomic E-state index is -0.804. The summed E-state index contributed by atoms with van der Waals surface area (Å²) in [6, 6.07) is 16.6. The molecule has 262 valence electrons. The smallest absolute Gasteiger partial charge is 0.338 e. The average molecular weight is 809 g/mol. The number of allylic oxidation sites excluding steroid dienone is 2. The molecular weight excluding hydrogens is 767 g/mol. The van der Waals surface area contributed by atoms with Crippen LogP contribution in [-0.4, -0.2) is 37.0 Å². The van der Waals surface area contributed by atoms with E-state index in [1.807, 2.05) is 75.4 Å². The number of fused-ring (bicyclic) bond motifs is 1. The van der Waals surface area contributed by atoms with Crippen LogP contribution in [0, 0.1) is 3.57 Å². The Morgan fingerprint density at radius 3 is 2.46 bits per heavy atom. The molecule has 0 amide bonds. The van der Waals surface area contributed by atoms with Crippen molar-refractivity contribution in [2.45, 2.75) is 59.8 Å². The Labute approximate surface area is 309 Å². The number of ether oxygens (including phenoxy) is 5. The molecule has 0 N–H and O–H groups in total. The summed E-state index contributed by atoms with van der Waals surface area (Å²) in [5, 5.41) is 0. The van der Waals surface area contributed by atoms with Gasteiger partial charge in [-0.2, -0.15) is 0 Å². The molecule has 0 radical (unpaired) electrons. The summed E-state index contributed by atoms with van der Waals surface area (Å²) < 4.78 is 32.6. The number of rotatable bonds is 14. The number of methoxy groups -OCH3 is 1. The summed E-state index contributed by atoms with van der Waals surface area (Å²) >= 11 is 3.53. The lowest BCUT2D eigenvalue weighted by atomic mass is 9.95. The maximum atomic E-state index is 14.4. The van der Waals surface area contributed by atoms with Gasteiger partial charge in [0.15, 0.2) is 27.8 Å². The van der Waals surface area contributed by atoms with Crippen molar-refractivity contribution in [1.29, 1.82) is 0 Å². The fraction of sp³-hybridized carbons (Fsp3) is 0.308. The van der Waals surface area contributed by atoms with Gasteiger partial charge in [0.2, 0.25) is 0 Å². The van der Waals surface area contributed by atoms with Crippen molar-refractivity contribution >= 4 is 46.0 Å². The molecule has 0 unspecified atom stereocenters. The molecule has 0 bridgehead atoms. The molecule has 1 atom stereocenters. The van der Waals surface area contributed by atoms with Gasteiger partial charge in [-0.15, -0.1) is 6.58 Å². The second-order valence-corrected chi connectivity index (χ2v) is 14.0. The van der Waals surface area contributed by atoms with Crippen LogP contribution in [0.15, 0.2) is 88.3 Å². The lowest BCUT2D eigenvalue weighted by molar-refractivity contribution is -0.139. The van der Waals surface area contributed by atoms with Gasteiger partial charge in [-0.25, -0.2) is 9.79 Å². The zero-order valence-corrected chi connectivity index (χ0v) is 32.1. The third-order valence-electron chi connectivity index (χ3n) is 7.80. The number of hydrogen-bond donors (Lipinski definition) is 0. The minimum absolute atomic E-state index is 0.0755. The maximum absolute atomic E-state index is 14.4. The number of benzene rings is 3. The molecular formula is C39H41IN2O7S. The molecule has 1 aromatic heterocycles. The van der Waals surface area contributed by atoms with Crippen LogP contribution in [0.1, 0.15) is 62.9 Å². The molecule has 0 spiro atoms. The minimum Gasteiger partial charge on any atom is -0.493 e. The van der Waals surface area contributed by atoms with E-state index >= 15 is 0 Å². The quantitative estimate of drug-likeness (QED) is 0.0777. The standard InChI is InChI=1S/C39H41IN2O7S/c1-8-11-28-18-26(19-32(46-9-2)36(28)48-22-25-12-15-29(40)16-13-25)20-33-37(43)42-35(27-14-17-30(49-23(4)5)31(21-27)45-7)34(38(44)47-10-3)24(6)41-39(42)50-33/h8,12-21,23,35H,1,9-11,22H2,2-7H3/b33-20-/t35-/m0/s1. The van der Waals surface area contributed by atoms with Crippen LogP contribution >= 0.6 is 33.9 Å². The molecule has 4 aromatic rings. The van der Waals surface area contributed by atoms with Crippen molar-refractivity contribution in [2.75, 3.05) is 20.3 Å². The van der Waals surface area contributed by atoms with E-state index in [0.717, 1.165) is 20.3 Å². The normalized spacial score (nSPS) is 14.2. The largest absolute Gasteiger partial charge is 0.493 e. The van der Waals surface area contributed by atoms with Crippen molar-refractivity contribution in [2.24, 2.45) is 4.99 Å². The molecule has 2 heterocycles. The zero-order chi connectivity index (χ0) is 35.9. The van der Waals surface area contributed by atoms with Crippen LogP contribution in [0.4, 0.5) is 0 Å². The molecule has 50 heavy (non-hydrogen) atoms. The molecule has 3 aromatic carbocycles. The maximum Gasteiger partial charge on any atom is 0.338 e. The predicted octanol–water partition coefficient (Wildman–Crippen LogP) is 6.90. The Hall–Kier alpha value is -4.36. The van der Waals surface area contributed by atoms with Crippen LogP contribution in [0.25, 0.3) is 6.08 Å². The summed E-state index contributed by atoms with van der Waals surface area (Å²) in [7, 11) is 1.56. The van der Waals surface area contributed by atoms with Crippen molar-refractivity contribution in [1.82, 2.24) is 4.57 Å². The van der Waals surface area contributed by atoms with Crippen molar-refractivity contribution in [3.63, 3.8) is 0 Å². The van der Waals surface area contributed by atoms with E-state index in [9.17, 15) is 9.59 Å². The van der Waals surface area contributed by atoms with Gasteiger partial charge in [0.05, 0.1) is 48.3 Å². The van der Waals surface area contributed by atoms with Crippen LogP contribution in [-0.2, 0) is 22.6 Å². The third-order valence-corrected chi connectivity index (χ3v) is 9.50. The fourth-order valence-corrected chi connectivity index (χ4v) is 7.11. The van der Waals surface area contributed by atoms with E-state index in [1.165, 1.54) is 11.3 Å². The first-order chi connectivity index (χ1) is 24.1. The monoisotopic (exact) mass is 808 g/mol. The van der Waals surface area contributed by atoms with E-state index in [2.05, 4.69) is 29.2 Å². The van der Waals surface area contributed by atoms with E-state index in [4.69, 9.17) is 28.7 Å². The molecule has 0 fully saturated rings. The van der Waals surface area contributed by atoms with Gasteiger partial charge in [0.1, 0.15) is 6.61 Å². The molecule has 1 aliphatic rings. The highest BCUT2D eigenvalue weighted by atomic mass is 127. The van der Waals surface area contributed by atoms with E-state index in [0.29, 0.717) is 63.2 Å². The summed E-state index contributed by atoms with van der Waals surface area (Å²) in [6.07, 6.45) is 4.09. The van der Waals surface area contributed by atoms with Crippen molar-refractivity contribution < 1.29 is 28.5 Å². The van der Waals surface area contributed by atoms with E-state index < -0.39 is 12.0 Å². The number of carbonyl (C=O) groups excluding carboxylic acids is 1. The molecule has 9 nitrogen and oxygen atoms in total. The van der Waals surface area contributed by atoms with Crippen LogP contribution in [0.5, 0.6) is 23.0 Å². The number of esters is 1. The van der Waals surface area contributed by atoms with Crippen molar-refractivity contribution in [3.8, 4) is 23.0 Å². The third kappa shape index (κ3) is 8.15. The lowest BCUT2D eigenvalue weighted by Gasteiger charge is -2.25. The predicted molar refractivity (Wildman–Crippen MR) is 204 cm³/mol. The first kappa shape index (κ1) is 36.9. The molecule has 1 aliphatic heterocycles. The summed E-state index contributed by atoms with van der Waals surface area (Å²) in [4.78, 5) is 33.0. The van der Waals surface area contributed by atoms with Gasteiger partial charge in [0, 0.05) is 9.13 Å². The van der Waals surface area contributed by atoms with Gasteiger partial charge in [-0.05, 0) is 123 Å². The number of hydrogen-bond acceptors (Lipinski definition) is 9. The highest BCUT2D eigenvalue weighted by Gasteiger charge is 2.34. The average Bonchev–Trinajstić information content (AvgIpc) is 3.38. The van der Waals surface area contributed by atoms with Crippen LogP contribution in [0.3, 0.4) is 0 Å². The van der Waals surface area contributed by atoms with E-state index in [-0.39, 0.29) is 23.8 Å². The Bertz CT molecular complexity index is 2100. The second-order valence-electron chi connectivity index (χ2n) is 11.7. The van der Waals surface area contributed by atoms with Gasteiger partial charge in [-0.1, -0.05) is 35.6 Å². The molecule has 0 saturated heterocycles. The number of aromatic nitrogens is 1. The number of thiazole rings is 1. The Balaban J connectivity index is 1.64. The van der Waals surface area contributed by atoms with Crippen LogP contribution in [0.2, 0.25) is 0 Å². The highest BCUT2D eigenvalue weighted by Crippen LogP contribution is 2.37. The van der Waals surface area contributed by atoms with Crippen LogP contribution < -0.4 is 33.8 Å². The second kappa shape index (κ2) is 16.6. The van der Waals surface area contributed by atoms with Gasteiger partial charge >= 0.3 is 5.97 Å². The first-order valence-corrected chi connectivity index (χ1v) is 18.3. The highest BCUT2D eigenvalue weighted by molar-refractivity contribution is 14.1. The van der Waals surface area contributed by atoms with Crippen molar-refractivity contribution in [3.05, 3.63) is 124 Å². The number of carbonyl (C=O) groups is 1. The fourth-order valence-electron chi connectivity index (χ4n) is 5.70. The molecule has 0 saturated carbocycles. The van der Waals surface area contributed by atoms with Gasteiger partial charge in [0.25, 0.3) is 5.56 Å².